The average Bonchev–Trinajstić information content (AvgIpc) is 3.05. The van der Waals surface area contributed by atoms with E-state index in [9.17, 15) is 24.9 Å². The zero-order valence-corrected chi connectivity index (χ0v) is 15.9. The van der Waals surface area contributed by atoms with Gasteiger partial charge in [-0.2, -0.15) is 0 Å². The van der Waals surface area contributed by atoms with Gasteiger partial charge in [-0.05, 0) is 25.1 Å². The van der Waals surface area contributed by atoms with Crippen LogP contribution in [0.3, 0.4) is 0 Å². The Morgan fingerprint density at radius 3 is 2.57 bits per heavy atom. The summed E-state index contributed by atoms with van der Waals surface area (Å²) in [6, 6.07) is 10.9. The predicted molar refractivity (Wildman–Crippen MR) is 105 cm³/mol. The maximum absolute atomic E-state index is 12.8. The van der Waals surface area contributed by atoms with E-state index >= 15 is 0 Å². The Hall–Kier alpha value is -3.03. The van der Waals surface area contributed by atoms with Crippen molar-refractivity contribution in [3.63, 3.8) is 0 Å². The Morgan fingerprint density at radius 2 is 1.93 bits per heavy atom. The highest BCUT2D eigenvalue weighted by atomic mass is 16.4. The SMILES string of the molecule is CC.C[C@@](O)(C(=O)O)c1cc2n(c(=O)c1CO)Cc1cc3ccccc3nc1-2. The van der Waals surface area contributed by atoms with E-state index in [1.165, 1.54) is 10.6 Å². The van der Waals surface area contributed by atoms with Crippen molar-refractivity contribution >= 4 is 16.9 Å². The van der Waals surface area contributed by atoms with Gasteiger partial charge in [-0.3, -0.25) is 4.79 Å². The van der Waals surface area contributed by atoms with Crippen LogP contribution in [0.15, 0.2) is 41.2 Å². The van der Waals surface area contributed by atoms with Crippen molar-refractivity contribution in [2.45, 2.75) is 39.5 Å². The minimum atomic E-state index is -2.30. The van der Waals surface area contributed by atoms with E-state index in [1.807, 2.05) is 44.2 Å². The van der Waals surface area contributed by atoms with E-state index in [4.69, 9.17) is 0 Å². The van der Waals surface area contributed by atoms with Crippen LogP contribution in [0.5, 0.6) is 0 Å². The normalized spacial score (nSPS) is 13.9. The quantitative estimate of drug-likeness (QED) is 0.501. The number of hydrogen-bond donors (Lipinski definition) is 3. The molecule has 0 saturated heterocycles. The molecule has 7 heteroatoms. The summed E-state index contributed by atoms with van der Waals surface area (Å²) in [5.41, 5.74) is -0.473. The summed E-state index contributed by atoms with van der Waals surface area (Å²) < 4.78 is 1.45. The number of aliphatic hydroxyl groups is 2. The predicted octanol–water partition coefficient (Wildman–Crippen LogP) is 2.24. The number of carboxylic acids is 1. The molecule has 0 amide bonds. The first-order valence-corrected chi connectivity index (χ1v) is 9.07. The van der Waals surface area contributed by atoms with Gasteiger partial charge in [0.15, 0.2) is 5.60 Å². The number of aromatic nitrogens is 2. The van der Waals surface area contributed by atoms with E-state index in [-0.39, 0.29) is 17.7 Å². The van der Waals surface area contributed by atoms with Crippen molar-refractivity contribution in [2.24, 2.45) is 0 Å². The summed E-state index contributed by atoms with van der Waals surface area (Å²) in [5, 5.41) is 30.3. The highest BCUT2D eigenvalue weighted by molar-refractivity contribution is 5.85. The van der Waals surface area contributed by atoms with Crippen molar-refractivity contribution in [2.75, 3.05) is 0 Å². The van der Waals surface area contributed by atoms with Gasteiger partial charge in [-0.15, -0.1) is 0 Å². The summed E-state index contributed by atoms with van der Waals surface area (Å²) in [5.74, 6) is -1.50. The van der Waals surface area contributed by atoms with Crippen LogP contribution < -0.4 is 5.56 Å². The molecule has 2 aromatic heterocycles. The third kappa shape index (κ3) is 2.89. The van der Waals surface area contributed by atoms with Gasteiger partial charge in [0.2, 0.25) is 0 Å². The van der Waals surface area contributed by atoms with Crippen molar-refractivity contribution in [3.05, 3.63) is 63.4 Å². The topological polar surface area (TPSA) is 113 Å². The molecule has 3 N–H and O–H groups in total. The molecule has 0 radical (unpaired) electrons. The largest absolute Gasteiger partial charge is 0.479 e. The Kier molecular flexibility index (Phi) is 5.06. The Labute approximate surface area is 161 Å². The molecule has 3 heterocycles. The fourth-order valence-corrected chi connectivity index (χ4v) is 3.42. The first-order valence-electron chi connectivity index (χ1n) is 9.07. The van der Waals surface area contributed by atoms with Gasteiger partial charge in [0.1, 0.15) is 0 Å². The highest BCUT2D eigenvalue weighted by Gasteiger charge is 2.37. The van der Waals surface area contributed by atoms with E-state index in [0.29, 0.717) is 11.4 Å². The Bertz CT molecular complexity index is 1130. The summed E-state index contributed by atoms with van der Waals surface area (Å²) in [6.07, 6.45) is 0. The second-order valence-corrected chi connectivity index (χ2v) is 6.54. The molecule has 3 aromatic rings. The molecule has 7 nitrogen and oxygen atoms in total. The van der Waals surface area contributed by atoms with Crippen molar-refractivity contribution in [1.29, 1.82) is 0 Å². The molecule has 0 aliphatic carbocycles. The van der Waals surface area contributed by atoms with Crippen LogP contribution in [0.1, 0.15) is 37.5 Å². The number of benzene rings is 1. The number of nitrogens with zero attached hydrogens (tertiary/aromatic N) is 2. The molecule has 0 unspecified atom stereocenters. The molecular weight excluding hydrogens is 360 g/mol. The lowest BCUT2D eigenvalue weighted by molar-refractivity contribution is -0.157. The molecule has 28 heavy (non-hydrogen) atoms. The average molecular weight is 382 g/mol. The monoisotopic (exact) mass is 382 g/mol. The molecule has 0 saturated carbocycles. The molecule has 146 valence electrons. The maximum atomic E-state index is 12.8. The number of carboxylic acid groups (broad SMARTS) is 1. The lowest BCUT2D eigenvalue weighted by atomic mass is 9.91. The van der Waals surface area contributed by atoms with Gasteiger partial charge < -0.3 is 19.9 Å². The number of rotatable bonds is 3. The zero-order valence-electron chi connectivity index (χ0n) is 15.9. The smallest absolute Gasteiger partial charge is 0.340 e. The van der Waals surface area contributed by atoms with Crippen LogP contribution in [0.25, 0.3) is 22.3 Å². The molecule has 1 aliphatic heterocycles. The van der Waals surface area contributed by atoms with Gasteiger partial charge in [-0.1, -0.05) is 32.0 Å². The van der Waals surface area contributed by atoms with Crippen LogP contribution in [-0.4, -0.2) is 30.8 Å². The fourth-order valence-electron chi connectivity index (χ4n) is 3.42. The van der Waals surface area contributed by atoms with Crippen molar-refractivity contribution < 1.29 is 20.1 Å². The molecular formula is C21H22N2O5. The van der Waals surface area contributed by atoms with Gasteiger partial charge in [0.25, 0.3) is 5.56 Å². The molecule has 0 bridgehead atoms. The van der Waals surface area contributed by atoms with Gasteiger partial charge >= 0.3 is 5.97 Å². The number of aliphatic hydroxyl groups excluding tert-OH is 1. The molecule has 0 spiro atoms. The molecule has 1 aliphatic rings. The summed E-state index contributed by atoms with van der Waals surface area (Å²) in [4.78, 5) is 28.9. The summed E-state index contributed by atoms with van der Waals surface area (Å²) in [7, 11) is 0. The summed E-state index contributed by atoms with van der Waals surface area (Å²) in [6.45, 7) is 4.71. The third-order valence-corrected chi connectivity index (χ3v) is 4.87. The van der Waals surface area contributed by atoms with Crippen LogP contribution in [0, 0.1) is 0 Å². The first-order chi connectivity index (χ1) is 13.3. The number of para-hydroxylation sites is 1. The van der Waals surface area contributed by atoms with E-state index in [0.717, 1.165) is 23.4 Å². The van der Waals surface area contributed by atoms with Crippen molar-refractivity contribution in [1.82, 2.24) is 9.55 Å². The minimum Gasteiger partial charge on any atom is -0.479 e. The zero-order chi connectivity index (χ0) is 20.6. The fraction of sp³-hybridized carbons (Fsp3) is 0.286. The second kappa shape index (κ2) is 7.18. The number of pyridine rings is 2. The van der Waals surface area contributed by atoms with Crippen LogP contribution in [0.4, 0.5) is 0 Å². The van der Waals surface area contributed by atoms with Crippen LogP contribution in [-0.2, 0) is 23.5 Å². The van der Waals surface area contributed by atoms with E-state index < -0.39 is 23.7 Å². The van der Waals surface area contributed by atoms with Crippen molar-refractivity contribution in [3.8, 4) is 11.4 Å². The molecule has 0 fully saturated rings. The number of fused-ring (bicyclic) bond motifs is 4. The number of aliphatic carboxylic acids is 1. The van der Waals surface area contributed by atoms with Crippen LogP contribution in [0.2, 0.25) is 0 Å². The first kappa shape index (κ1) is 19.7. The molecule has 4 rings (SSSR count). The van der Waals surface area contributed by atoms with Crippen LogP contribution >= 0.6 is 0 Å². The third-order valence-electron chi connectivity index (χ3n) is 4.87. The van der Waals surface area contributed by atoms with Gasteiger partial charge in [0.05, 0.1) is 30.1 Å². The lowest BCUT2D eigenvalue weighted by Crippen LogP contribution is -2.37. The number of hydrogen-bond acceptors (Lipinski definition) is 5. The Morgan fingerprint density at radius 1 is 1.25 bits per heavy atom. The lowest BCUT2D eigenvalue weighted by Gasteiger charge is -2.22. The maximum Gasteiger partial charge on any atom is 0.340 e. The highest BCUT2D eigenvalue weighted by Crippen LogP contribution is 2.35. The second-order valence-electron chi connectivity index (χ2n) is 6.54. The standard InChI is InChI=1S/C19H16N2O5.C2H6/c1-19(26,18(24)25)13-7-15-16-11(8-21(15)17(23)12(13)9-22)6-10-4-2-3-5-14(10)20-16;1-2/h2-7,22,26H,8-9H2,1H3,(H,24,25);1-2H3/t19-;/m0./s1. The van der Waals surface area contributed by atoms with Gasteiger partial charge in [-0.25, -0.2) is 9.78 Å². The summed E-state index contributed by atoms with van der Waals surface area (Å²) >= 11 is 0. The van der Waals surface area contributed by atoms with E-state index in [2.05, 4.69) is 4.98 Å². The van der Waals surface area contributed by atoms with E-state index in [1.54, 1.807) is 0 Å². The minimum absolute atomic E-state index is 0.119. The molecule has 1 atom stereocenters. The number of carbonyl (C=O) groups is 1. The van der Waals surface area contributed by atoms with Gasteiger partial charge in [0, 0.05) is 22.1 Å². The molecule has 1 aromatic carbocycles. The Balaban J connectivity index is 0.00000109.